The third kappa shape index (κ3) is 3.57. The zero-order valence-electron chi connectivity index (χ0n) is 11.6. The van der Waals surface area contributed by atoms with Crippen LogP contribution in [-0.2, 0) is 6.54 Å². The number of nitrogen functional groups attached to an aromatic ring is 1. The predicted octanol–water partition coefficient (Wildman–Crippen LogP) is 2.72. The largest absolute Gasteiger partial charge is 0.399 e. The van der Waals surface area contributed by atoms with Crippen molar-refractivity contribution in [2.75, 3.05) is 12.3 Å². The summed E-state index contributed by atoms with van der Waals surface area (Å²) in [5.41, 5.74) is 7.95. The Bertz CT molecular complexity index is 552. The van der Waals surface area contributed by atoms with Crippen LogP contribution in [0.5, 0.6) is 0 Å². The lowest BCUT2D eigenvalue weighted by Gasteiger charge is -2.22. The Balaban J connectivity index is 2.14. The van der Waals surface area contributed by atoms with Gasteiger partial charge in [0.05, 0.1) is 0 Å². The molecule has 0 aliphatic heterocycles. The highest BCUT2D eigenvalue weighted by Crippen LogP contribution is 2.11. The van der Waals surface area contributed by atoms with Gasteiger partial charge in [-0.15, -0.1) is 0 Å². The first kappa shape index (κ1) is 14.1. The van der Waals surface area contributed by atoms with Crippen LogP contribution >= 0.6 is 0 Å². The second-order valence-electron chi connectivity index (χ2n) is 4.68. The molecule has 0 aliphatic carbocycles. The first-order chi connectivity index (χ1) is 9.70. The molecule has 2 aromatic rings. The molecule has 1 aromatic heterocycles. The van der Waals surface area contributed by atoms with Gasteiger partial charge in [0.25, 0.3) is 5.91 Å². The average molecular weight is 269 g/mol. The molecule has 0 aliphatic rings. The van der Waals surface area contributed by atoms with Gasteiger partial charge in [0.1, 0.15) is 5.69 Å². The third-order valence-corrected chi connectivity index (χ3v) is 3.02. The molecule has 0 saturated carbocycles. The highest BCUT2D eigenvalue weighted by molar-refractivity contribution is 5.92. The first-order valence-corrected chi connectivity index (χ1v) is 6.75. The van der Waals surface area contributed by atoms with Crippen LogP contribution in [0, 0.1) is 0 Å². The Morgan fingerprint density at radius 2 is 1.95 bits per heavy atom. The molecule has 0 fully saturated rings. The topological polar surface area (TPSA) is 59.2 Å². The number of carbonyl (C=O) groups is 1. The normalized spacial score (nSPS) is 10.2. The minimum absolute atomic E-state index is 0.0377. The van der Waals surface area contributed by atoms with Crippen LogP contribution in [0.15, 0.2) is 48.7 Å². The molecule has 0 radical (unpaired) electrons. The number of hydrogen-bond donors (Lipinski definition) is 1. The molecule has 1 heterocycles. The van der Waals surface area contributed by atoms with E-state index in [4.69, 9.17) is 5.73 Å². The molecule has 0 bridgehead atoms. The summed E-state index contributed by atoms with van der Waals surface area (Å²) in [7, 11) is 0. The lowest BCUT2D eigenvalue weighted by atomic mass is 10.2. The molecule has 0 saturated heterocycles. The van der Waals surface area contributed by atoms with Gasteiger partial charge in [-0.05, 0) is 36.2 Å². The maximum absolute atomic E-state index is 12.4. The monoisotopic (exact) mass is 269 g/mol. The van der Waals surface area contributed by atoms with Crippen molar-refractivity contribution in [3.8, 4) is 0 Å². The van der Waals surface area contributed by atoms with Gasteiger partial charge in [-0.1, -0.05) is 25.1 Å². The fraction of sp³-hybridized carbons (Fsp3) is 0.250. The number of aromatic nitrogens is 1. The molecule has 1 amide bonds. The number of pyridine rings is 1. The van der Waals surface area contributed by atoms with Gasteiger partial charge < -0.3 is 10.6 Å². The molecule has 4 nitrogen and oxygen atoms in total. The molecule has 20 heavy (non-hydrogen) atoms. The number of hydrogen-bond acceptors (Lipinski definition) is 3. The lowest BCUT2D eigenvalue weighted by Crippen LogP contribution is -2.31. The predicted molar refractivity (Wildman–Crippen MR) is 80.1 cm³/mol. The average Bonchev–Trinajstić information content (AvgIpc) is 2.49. The SMILES string of the molecule is CCCN(Cc1ccc(N)cc1)C(=O)c1ccccn1. The summed E-state index contributed by atoms with van der Waals surface area (Å²) in [5, 5.41) is 0. The van der Waals surface area contributed by atoms with Crippen molar-refractivity contribution in [2.45, 2.75) is 19.9 Å². The Morgan fingerprint density at radius 1 is 1.20 bits per heavy atom. The molecule has 4 heteroatoms. The fourth-order valence-corrected chi connectivity index (χ4v) is 2.02. The summed E-state index contributed by atoms with van der Waals surface area (Å²) in [6, 6.07) is 13.0. The van der Waals surface area contributed by atoms with E-state index in [1.165, 1.54) is 0 Å². The van der Waals surface area contributed by atoms with E-state index in [1.807, 2.05) is 35.2 Å². The molecular weight excluding hydrogens is 250 g/mol. The van der Waals surface area contributed by atoms with Crippen LogP contribution < -0.4 is 5.73 Å². The van der Waals surface area contributed by atoms with E-state index in [-0.39, 0.29) is 5.91 Å². The molecular formula is C16H19N3O. The second-order valence-corrected chi connectivity index (χ2v) is 4.68. The van der Waals surface area contributed by atoms with Gasteiger partial charge in [-0.25, -0.2) is 0 Å². The number of carbonyl (C=O) groups excluding carboxylic acids is 1. The molecule has 0 atom stereocenters. The van der Waals surface area contributed by atoms with E-state index in [9.17, 15) is 4.79 Å². The van der Waals surface area contributed by atoms with Crippen molar-refractivity contribution in [2.24, 2.45) is 0 Å². The molecule has 2 N–H and O–H groups in total. The van der Waals surface area contributed by atoms with Gasteiger partial charge in [0, 0.05) is 25.0 Å². The quantitative estimate of drug-likeness (QED) is 0.849. The van der Waals surface area contributed by atoms with Crippen molar-refractivity contribution < 1.29 is 4.79 Å². The molecule has 104 valence electrons. The molecule has 0 spiro atoms. The van der Waals surface area contributed by atoms with Crippen molar-refractivity contribution in [1.82, 2.24) is 9.88 Å². The number of amides is 1. The lowest BCUT2D eigenvalue weighted by molar-refractivity contribution is 0.0737. The fourth-order valence-electron chi connectivity index (χ4n) is 2.02. The van der Waals surface area contributed by atoms with E-state index >= 15 is 0 Å². The standard InChI is InChI=1S/C16H19N3O/c1-2-11-19(12-13-6-8-14(17)9-7-13)16(20)15-5-3-4-10-18-15/h3-10H,2,11-12,17H2,1H3. The summed E-state index contributed by atoms with van der Waals surface area (Å²) in [6.07, 6.45) is 2.55. The van der Waals surface area contributed by atoms with Crippen LogP contribution in [0.3, 0.4) is 0 Å². The summed E-state index contributed by atoms with van der Waals surface area (Å²) in [5.74, 6) is -0.0377. The minimum Gasteiger partial charge on any atom is -0.399 e. The van der Waals surface area contributed by atoms with Crippen LogP contribution in [0.1, 0.15) is 29.4 Å². The highest BCUT2D eigenvalue weighted by Gasteiger charge is 2.16. The third-order valence-electron chi connectivity index (χ3n) is 3.02. The summed E-state index contributed by atoms with van der Waals surface area (Å²) < 4.78 is 0. The number of benzene rings is 1. The van der Waals surface area contributed by atoms with Crippen LogP contribution in [0.2, 0.25) is 0 Å². The smallest absolute Gasteiger partial charge is 0.272 e. The Morgan fingerprint density at radius 3 is 2.55 bits per heavy atom. The highest BCUT2D eigenvalue weighted by atomic mass is 16.2. The van der Waals surface area contributed by atoms with E-state index in [0.29, 0.717) is 18.8 Å². The van der Waals surface area contributed by atoms with Gasteiger partial charge >= 0.3 is 0 Å². The van der Waals surface area contributed by atoms with E-state index in [2.05, 4.69) is 11.9 Å². The molecule has 2 rings (SSSR count). The number of nitrogens with zero attached hydrogens (tertiary/aromatic N) is 2. The van der Waals surface area contributed by atoms with Crippen LogP contribution in [0.25, 0.3) is 0 Å². The van der Waals surface area contributed by atoms with Gasteiger partial charge in [-0.2, -0.15) is 0 Å². The van der Waals surface area contributed by atoms with Crippen molar-refractivity contribution in [3.05, 3.63) is 59.9 Å². The van der Waals surface area contributed by atoms with Gasteiger partial charge in [0.2, 0.25) is 0 Å². The Hall–Kier alpha value is -2.36. The maximum atomic E-state index is 12.4. The van der Waals surface area contributed by atoms with Crippen molar-refractivity contribution in [1.29, 1.82) is 0 Å². The van der Waals surface area contributed by atoms with Crippen molar-refractivity contribution in [3.63, 3.8) is 0 Å². The van der Waals surface area contributed by atoms with E-state index in [0.717, 1.165) is 17.7 Å². The minimum atomic E-state index is -0.0377. The number of anilines is 1. The van der Waals surface area contributed by atoms with Crippen molar-refractivity contribution >= 4 is 11.6 Å². The Labute approximate surface area is 119 Å². The summed E-state index contributed by atoms with van der Waals surface area (Å²) in [4.78, 5) is 18.4. The number of nitrogens with two attached hydrogens (primary N) is 1. The molecule has 1 aromatic carbocycles. The summed E-state index contributed by atoms with van der Waals surface area (Å²) >= 11 is 0. The van der Waals surface area contributed by atoms with Crippen LogP contribution in [0.4, 0.5) is 5.69 Å². The Kier molecular flexibility index (Phi) is 4.71. The van der Waals surface area contributed by atoms with E-state index < -0.39 is 0 Å². The van der Waals surface area contributed by atoms with Gasteiger partial charge in [0.15, 0.2) is 0 Å². The zero-order valence-corrected chi connectivity index (χ0v) is 11.6. The summed E-state index contributed by atoms with van der Waals surface area (Å²) in [6.45, 7) is 3.34. The van der Waals surface area contributed by atoms with Gasteiger partial charge in [-0.3, -0.25) is 9.78 Å². The second kappa shape index (κ2) is 6.70. The zero-order chi connectivity index (χ0) is 14.4. The van der Waals surface area contributed by atoms with E-state index in [1.54, 1.807) is 18.3 Å². The number of rotatable bonds is 5. The maximum Gasteiger partial charge on any atom is 0.272 e. The van der Waals surface area contributed by atoms with Crippen LogP contribution in [-0.4, -0.2) is 22.3 Å². The molecule has 0 unspecified atom stereocenters. The first-order valence-electron chi connectivity index (χ1n) is 6.75.